The van der Waals surface area contributed by atoms with Crippen LogP contribution in [0.5, 0.6) is 0 Å². The number of nitrogens with one attached hydrogen (secondary N) is 1. The van der Waals surface area contributed by atoms with Crippen molar-refractivity contribution >= 4 is 11.7 Å². The van der Waals surface area contributed by atoms with Crippen molar-refractivity contribution in [3.8, 4) is 0 Å². The van der Waals surface area contributed by atoms with E-state index in [2.05, 4.69) is 15.2 Å². The molecule has 3 N–H and O–H groups in total. The van der Waals surface area contributed by atoms with Crippen molar-refractivity contribution in [2.24, 2.45) is 5.73 Å². The van der Waals surface area contributed by atoms with Crippen LogP contribution in [0.4, 0.5) is 5.82 Å². The summed E-state index contributed by atoms with van der Waals surface area (Å²) in [6, 6.07) is 5.86. The van der Waals surface area contributed by atoms with Gasteiger partial charge in [-0.3, -0.25) is 10.4 Å². The molecule has 0 aliphatic heterocycles. The largest absolute Gasteiger partial charge is 0.384 e. The number of pyridine rings is 1. The number of hydrogen-bond acceptors (Lipinski definition) is 5. The zero-order valence-corrected chi connectivity index (χ0v) is 12.6. The van der Waals surface area contributed by atoms with E-state index in [0.29, 0.717) is 11.4 Å². The summed E-state index contributed by atoms with van der Waals surface area (Å²) < 4.78 is 0. The average molecular weight is 284 g/mol. The third-order valence-electron chi connectivity index (χ3n) is 3.50. The smallest absolute Gasteiger partial charge is 0.162 e. The van der Waals surface area contributed by atoms with Crippen molar-refractivity contribution in [2.45, 2.75) is 20.3 Å². The van der Waals surface area contributed by atoms with E-state index in [1.807, 2.05) is 44.0 Å². The van der Waals surface area contributed by atoms with Crippen LogP contribution in [0, 0.1) is 19.3 Å². The molecule has 2 aromatic heterocycles. The van der Waals surface area contributed by atoms with Gasteiger partial charge in [0.1, 0.15) is 5.84 Å². The van der Waals surface area contributed by atoms with Crippen LogP contribution >= 0.6 is 0 Å². The van der Waals surface area contributed by atoms with Crippen LogP contribution in [0.3, 0.4) is 0 Å². The number of anilines is 1. The lowest BCUT2D eigenvalue weighted by molar-refractivity contribution is 0.813. The second-order valence-corrected chi connectivity index (χ2v) is 5.02. The van der Waals surface area contributed by atoms with Gasteiger partial charge in [-0.2, -0.15) is 5.10 Å². The maximum absolute atomic E-state index is 7.77. The van der Waals surface area contributed by atoms with Crippen LogP contribution in [-0.4, -0.2) is 34.6 Å². The summed E-state index contributed by atoms with van der Waals surface area (Å²) in [7, 11) is 1.92. The number of hydrogen-bond donors (Lipinski definition) is 2. The van der Waals surface area contributed by atoms with Gasteiger partial charge >= 0.3 is 0 Å². The van der Waals surface area contributed by atoms with Crippen LogP contribution in [0.1, 0.15) is 22.5 Å². The van der Waals surface area contributed by atoms with Gasteiger partial charge in [-0.1, -0.05) is 6.07 Å². The number of nitrogen functional groups attached to an aromatic ring is 1. The molecule has 6 nitrogen and oxygen atoms in total. The van der Waals surface area contributed by atoms with Gasteiger partial charge in [0.25, 0.3) is 0 Å². The number of likely N-dealkylation sites (N-methyl/N-ethyl adjacent to an activating group) is 1. The number of rotatable bonds is 5. The molecule has 0 aromatic carbocycles. The van der Waals surface area contributed by atoms with E-state index in [9.17, 15) is 0 Å². The number of amidine groups is 1. The third kappa shape index (κ3) is 3.34. The first-order chi connectivity index (χ1) is 10.0. The van der Waals surface area contributed by atoms with Gasteiger partial charge in [-0.25, -0.2) is 0 Å². The molecule has 0 aliphatic rings. The zero-order chi connectivity index (χ0) is 15.4. The molecule has 2 aromatic rings. The zero-order valence-electron chi connectivity index (χ0n) is 12.6. The van der Waals surface area contributed by atoms with E-state index >= 15 is 0 Å². The molecule has 21 heavy (non-hydrogen) atoms. The maximum Gasteiger partial charge on any atom is 0.162 e. The molecule has 0 saturated heterocycles. The van der Waals surface area contributed by atoms with Crippen LogP contribution in [0.2, 0.25) is 0 Å². The minimum absolute atomic E-state index is 0.0187. The Kier molecular flexibility index (Phi) is 4.47. The first-order valence-electron chi connectivity index (χ1n) is 6.80. The fourth-order valence-electron chi connectivity index (χ4n) is 2.12. The molecule has 2 heterocycles. The Bertz CT molecular complexity index is 638. The summed E-state index contributed by atoms with van der Waals surface area (Å²) in [5.74, 6) is 0.659. The van der Waals surface area contributed by atoms with Crippen LogP contribution < -0.4 is 10.6 Å². The molecule has 0 saturated carbocycles. The quantitative estimate of drug-likeness (QED) is 0.640. The first-order valence-corrected chi connectivity index (χ1v) is 6.80. The minimum Gasteiger partial charge on any atom is -0.384 e. The molecule has 0 bridgehead atoms. The molecular weight excluding hydrogens is 264 g/mol. The van der Waals surface area contributed by atoms with Gasteiger partial charge in [0, 0.05) is 31.9 Å². The number of nitrogens with two attached hydrogens (primary N) is 1. The van der Waals surface area contributed by atoms with Crippen molar-refractivity contribution < 1.29 is 0 Å². The molecule has 0 amide bonds. The first kappa shape index (κ1) is 14.9. The lowest BCUT2D eigenvalue weighted by Gasteiger charge is -2.21. The predicted molar refractivity (Wildman–Crippen MR) is 83.7 cm³/mol. The normalized spacial score (nSPS) is 10.4. The van der Waals surface area contributed by atoms with E-state index in [1.54, 1.807) is 6.20 Å². The van der Waals surface area contributed by atoms with Crippen LogP contribution in [0.25, 0.3) is 0 Å². The standard InChI is InChI=1S/C15H20N6/c1-10-11(2)19-20-15(13(10)14(16)17)21(3)9-7-12-6-4-5-8-18-12/h4-6,8H,7,9H2,1-3H3,(H3,16,17). The number of nitrogens with zero attached hydrogens (tertiary/aromatic N) is 4. The lowest BCUT2D eigenvalue weighted by atomic mass is 10.1. The van der Waals surface area contributed by atoms with E-state index in [-0.39, 0.29) is 5.84 Å². The highest BCUT2D eigenvalue weighted by atomic mass is 15.2. The summed E-state index contributed by atoms with van der Waals surface area (Å²) in [6.45, 7) is 4.51. The molecule has 0 aliphatic carbocycles. The fraction of sp³-hybridized carbons (Fsp3) is 0.333. The second-order valence-electron chi connectivity index (χ2n) is 5.02. The minimum atomic E-state index is 0.0187. The Morgan fingerprint density at radius 3 is 2.67 bits per heavy atom. The van der Waals surface area contributed by atoms with Gasteiger partial charge in [0.05, 0.1) is 11.3 Å². The van der Waals surface area contributed by atoms with Crippen LogP contribution in [-0.2, 0) is 6.42 Å². The summed E-state index contributed by atoms with van der Waals surface area (Å²) in [4.78, 5) is 6.27. The summed E-state index contributed by atoms with van der Waals surface area (Å²) in [5, 5.41) is 16.1. The van der Waals surface area contributed by atoms with Crippen molar-refractivity contribution in [3.05, 3.63) is 46.9 Å². The topological polar surface area (TPSA) is 91.8 Å². The monoisotopic (exact) mass is 284 g/mol. The maximum atomic E-state index is 7.77. The highest BCUT2D eigenvalue weighted by Gasteiger charge is 2.17. The van der Waals surface area contributed by atoms with Crippen molar-refractivity contribution in [1.29, 1.82) is 5.41 Å². The van der Waals surface area contributed by atoms with Crippen molar-refractivity contribution in [1.82, 2.24) is 15.2 Å². The van der Waals surface area contributed by atoms with E-state index in [1.165, 1.54) is 0 Å². The summed E-state index contributed by atoms with van der Waals surface area (Å²) in [5.41, 5.74) is 9.08. The van der Waals surface area contributed by atoms with Gasteiger partial charge in [0.15, 0.2) is 5.82 Å². The van der Waals surface area contributed by atoms with Gasteiger partial charge in [-0.15, -0.1) is 5.10 Å². The van der Waals surface area contributed by atoms with E-state index in [0.717, 1.165) is 29.9 Å². The summed E-state index contributed by atoms with van der Waals surface area (Å²) >= 11 is 0. The Labute approximate surface area is 124 Å². The Morgan fingerprint density at radius 2 is 2.05 bits per heavy atom. The van der Waals surface area contributed by atoms with Crippen molar-refractivity contribution in [2.75, 3.05) is 18.5 Å². The molecule has 0 radical (unpaired) electrons. The molecule has 0 atom stereocenters. The predicted octanol–water partition coefficient (Wildman–Crippen LogP) is 1.45. The second kappa shape index (κ2) is 6.30. The molecule has 6 heteroatoms. The van der Waals surface area contributed by atoms with Crippen LogP contribution in [0.15, 0.2) is 24.4 Å². The molecule has 0 spiro atoms. The Hall–Kier alpha value is -2.50. The van der Waals surface area contributed by atoms with Gasteiger partial charge in [0.2, 0.25) is 0 Å². The SMILES string of the molecule is Cc1nnc(N(C)CCc2ccccn2)c(C(=N)N)c1C. The fourth-order valence-corrected chi connectivity index (χ4v) is 2.12. The number of aromatic nitrogens is 3. The summed E-state index contributed by atoms with van der Waals surface area (Å²) in [6.07, 6.45) is 2.58. The molecular formula is C15H20N6. The third-order valence-corrected chi connectivity index (χ3v) is 3.50. The lowest BCUT2D eigenvalue weighted by Crippen LogP contribution is -2.27. The highest BCUT2D eigenvalue weighted by molar-refractivity contribution is 6.01. The Morgan fingerprint density at radius 1 is 1.29 bits per heavy atom. The number of aryl methyl sites for hydroxylation is 1. The molecule has 0 fully saturated rings. The molecule has 2 rings (SSSR count). The van der Waals surface area contributed by atoms with Gasteiger partial charge in [-0.05, 0) is 31.5 Å². The van der Waals surface area contributed by atoms with E-state index < -0.39 is 0 Å². The Balaban J connectivity index is 2.21. The average Bonchev–Trinajstić information content (AvgIpc) is 2.48. The molecule has 110 valence electrons. The van der Waals surface area contributed by atoms with E-state index in [4.69, 9.17) is 11.1 Å². The molecule has 0 unspecified atom stereocenters. The highest BCUT2D eigenvalue weighted by Crippen LogP contribution is 2.20. The van der Waals surface area contributed by atoms with Crippen molar-refractivity contribution in [3.63, 3.8) is 0 Å². The van der Waals surface area contributed by atoms with Gasteiger partial charge < -0.3 is 10.6 Å².